The van der Waals surface area contributed by atoms with Gasteiger partial charge in [0, 0.05) is 31.7 Å². The maximum absolute atomic E-state index is 12.3. The number of aromatic nitrogens is 2. The van der Waals surface area contributed by atoms with Crippen LogP contribution < -0.4 is 11.1 Å². The molecule has 0 spiro atoms. The number of benzene rings is 2. The van der Waals surface area contributed by atoms with Crippen molar-refractivity contribution >= 4 is 17.6 Å². The molecule has 2 aliphatic rings. The Morgan fingerprint density at radius 1 is 1.06 bits per heavy atom. The third-order valence-corrected chi connectivity index (χ3v) is 7.28. The van der Waals surface area contributed by atoms with Crippen molar-refractivity contribution in [3.63, 3.8) is 0 Å². The van der Waals surface area contributed by atoms with Crippen LogP contribution >= 0.6 is 0 Å². The molecule has 0 atom stereocenters. The SMILES string of the molecule is [C-]#[N+]CC1(n2cc(C(N)=O)c(NC(=O)C3CC3)n2)CCN(Cc2ccc(-c3ccccc3)cc2)CC1. The van der Waals surface area contributed by atoms with E-state index in [4.69, 9.17) is 12.3 Å². The van der Waals surface area contributed by atoms with Gasteiger partial charge >= 0.3 is 0 Å². The van der Waals surface area contributed by atoms with Gasteiger partial charge in [0.2, 0.25) is 12.5 Å². The van der Waals surface area contributed by atoms with E-state index < -0.39 is 11.4 Å². The van der Waals surface area contributed by atoms with Gasteiger partial charge in [-0.1, -0.05) is 54.6 Å². The van der Waals surface area contributed by atoms with E-state index in [9.17, 15) is 9.59 Å². The predicted octanol–water partition coefficient (Wildman–Crippen LogP) is 3.91. The smallest absolute Gasteiger partial charge is 0.254 e. The number of amides is 2. The van der Waals surface area contributed by atoms with Gasteiger partial charge in [0.1, 0.15) is 11.1 Å². The molecule has 184 valence electrons. The molecule has 2 fully saturated rings. The van der Waals surface area contributed by atoms with Gasteiger partial charge in [0.05, 0.1) is 0 Å². The Morgan fingerprint density at radius 3 is 2.33 bits per heavy atom. The van der Waals surface area contributed by atoms with Gasteiger partial charge in [-0.15, -0.1) is 0 Å². The van der Waals surface area contributed by atoms with Gasteiger partial charge in [-0.2, -0.15) is 5.10 Å². The molecule has 1 aliphatic heterocycles. The third kappa shape index (κ3) is 5.02. The van der Waals surface area contributed by atoms with E-state index in [1.807, 2.05) is 18.2 Å². The minimum atomic E-state index is -0.637. The van der Waals surface area contributed by atoms with Crippen LogP contribution in [0.4, 0.5) is 5.82 Å². The summed E-state index contributed by atoms with van der Waals surface area (Å²) in [7, 11) is 0. The lowest BCUT2D eigenvalue weighted by Crippen LogP contribution is -2.47. The maximum Gasteiger partial charge on any atom is 0.254 e. The lowest BCUT2D eigenvalue weighted by molar-refractivity contribution is -0.117. The molecule has 3 aromatic rings. The summed E-state index contributed by atoms with van der Waals surface area (Å²) < 4.78 is 1.71. The minimum Gasteiger partial charge on any atom is -0.365 e. The third-order valence-electron chi connectivity index (χ3n) is 7.28. The molecular formula is C28H30N6O2. The average molecular weight is 483 g/mol. The quantitative estimate of drug-likeness (QED) is 0.476. The number of hydrogen-bond acceptors (Lipinski definition) is 4. The number of carbonyl (C=O) groups excluding carboxylic acids is 2. The Morgan fingerprint density at radius 2 is 1.72 bits per heavy atom. The first-order chi connectivity index (χ1) is 17.5. The molecule has 1 aliphatic carbocycles. The molecular weight excluding hydrogens is 452 g/mol. The molecule has 0 bridgehead atoms. The van der Waals surface area contributed by atoms with E-state index in [2.05, 4.69) is 56.6 Å². The predicted molar refractivity (Wildman–Crippen MR) is 138 cm³/mol. The number of hydrogen-bond donors (Lipinski definition) is 2. The van der Waals surface area contributed by atoms with Crippen molar-refractivity contribution in [1.82, 2.24) is 14.7 Å². The summed E-state index contributed by atoms with van der Waals surface area (Å²) in [4.78, 5) is 30.4. The molecule has 2 aromatic carbocycles. The number of anilines is 1. The number of carbonyl (C=O) groups is 2. The number of likely N-dealkylation sites (tertiary alicyclic amines) is 1. The Labute approximate surface area is 210 Å². The van der Waals surface area contributed by atoms with Crippen LogP contribution in [0, 0.1) is 12.5 Å². The molecule has 5 rings (SSSR count). The second-order valence-electron chi connectivity index (χ2n) is 9.84. The summed E-state index contributed by atoms with van der Waals surface area (Å²) in [5.41, 5.74) is 8.88. The highest BCUT2D eigenvalue weighted by Crippen LogP contribution is 2.34. The van der Waals surface area contributed by atoms with Crippen LogP contribution in [0.2, 0.25) is 0 Å². The molecule has 1 saturated heterocycles. The fourth-order valence-corrected chi connectivity index (χ4v) is 4.88. The monoisotopic (exact) mass is 482 g/mol. The zero-order valence-electron chi connectivity index (χ0n) is 20.2. The first kappa shape index (κ1) is 23.8. The highest BCUT2D eigenvalue weighted by molar-refractivity contribution is 6.02. The Bertz CT molecular complexity index is 1280. The summed E-state index contributed by atoms with van der Waals surface area (Å²) in [6.07, 6.45) is 4.74. The van der Waals surface area contributed by atoms with Crippen LogP contribution in [0.3, 0.4) is 0 Å². The molecule has 1 aromatic heterocycles. The summed E-state index contributed by atoms with van der Waals surface area (Å²) in [6, 6.07) is 19.0. The molecule has 8 heteroatoms. The Balaban J connectivity index is 1.28. The van der Waals surface area contributed by atoms with E-state index in [0.717, 1.165) is 32.5 Å². The maximum atomic E-state index is 12.3. The number of primary amides is 1. The van der Waals surface area contributed by atoms with Gasteiger partial charge in [0.15, 0.2) is 5.82 Å². The van der Waals surface area contributed by atoms with Crippen molar-refractivity contribution in [2.75, 3.05) is 25.0 Å². The standard InChI is InChI=1S/C28H30N6O2/c1-30-19-28(34-18-24(25(29)35)26(32-34)31-27(36)23-11-12-23)13-15-33(16-14-28)17-20-7-9-22(10-8-20)21-5-3-2-4-6-21/h2-10,18,23H,11-17,19H2,(H2,29,35)(H,31,32,36). The highest BCUT2D eigenvalue weighted by atomic mass is 16.2. The molecule has 8 nitrogen and oxygen atoms in total. The van der Waals surface area contributed by atoms with E-state index in [1.54, 1.807) is 10.9 Å². The van der Waals surface area contributed by atoms with Crippen molar-refractivity contribution in [1.29, 1.82) is 0 Å². The van der Waals surface area contributed by atoms with E-state index in [-0.39, 0.29) is 29.8 Å². The summed E-state index contributed by atoms with van der Waals surface area (Å²) >= 11 is 0. The molecule has 1 saturated carbocycles. The molecule has 0 radical (unpaired) electrons. The number of nitrogens with one attached hydrogen (secondary N) is 1. The molecule has 2 heterocycles. The van der Waals surface area contributed by atoms with Crippen molar-refractivity contribution < 1.29 is 9.59 Å². The van der Waals surface area contributed by atoms with Crippen LogP contribution in [-0.4, -0.2) is 46.1 Å². The molecule has 0 unspecified atom stereocenters. The van der Waals surface area contributed by atoms with Crippen LogP contribution in [0.15, 0.2) is 60.8 Å². The normalized spacial score (nSPS) is 17.3. The average Bonchev–Trinajstić information content (AvgIpc) is 3.66. The van der Waals surface area contributed by atoms with Crippen molar-refractivity contribution in [2.45, 2.75) is 37.8 Å². The number of rotatable bonds is 8. The van der Waals surface area contributed by atoms with Crippen LogP contribution in [0.25, 0.3) is 16.0 Å². The second kappa shape index (κ2) is 9.96. The fraction of sp³-hybridized carbons (Fsp3) is 0.357. The van der Waals surface area contributed by atoms with Gasteiger partial charge in [-0.05, 0) is 42.4 Å². The van der Waals surface area contributed by atoms with Crippen LogP contribution in [-0.2, 0) is 16.9 Å². The number of piperidine rings is 1. The van der Waals surface area contributed by atoms with Gasteiger partial charge in [-0.3, -0.25) is 19.2 Å². The molecule has 2 amide bonds. The summed E-state index contributed by atoms with van der Waals surface area (Å²) in [6.45, 7) is 10.2. The Hall–Kier alpha value is -3.96. The summed E-state index contributed by atoms with van der Waals surface area (Å²) in [5, 5.41) is 7.34. The van der Waals surface area contributed by atoms with Gasteiger partial charge in [-0.25, -0.2) is 6.57 Å². The first-order valence-corrected chi connectivity index (χ1v) is 12.4. The highest BCUT2D eigenvalue weighted by Gasteiger charge is 2.41. The minimum absolute atomic E-state index is 0.0157. The van der Waals surface area contributed by atoms with Gasteiger partial charge in [0.25, 0.3) is 5.91 Å². The van der Waals surface area contributed by atoms with E-state index in [1.165, 1.54) is 16.7 Å². The lowest BCUT2D eigenvalue weighted by atomic mass is 9.87. The largest absolute Gasteiger partial charge is 0.365 e. The fourth-order valence-electron chi connectivity index (χ4n) is 4.88. The van der Waals surface area contributed by atoms with E-state index in [0.29, 0.717) is 12.8 Å². The zero-order chi connectivity index (χ0) is 25.1. The molecule has 3 N–H and O–H groups in total. The van der Waals surface area contributed by atoms with Crippen LogP contribution in [0.1, 0.15) is 41.6 Å². The topological polar surface area (TPSA) is 97.6 Å². The van der Waals surface area contributed by atoms with E-state index >= 15 is 0 Å². The van der Waals surface area contributed by atoms with Gasteiger partial charge < -0.3 is 15.9 Å². The zero-order valence-corrected chi connectivity index (χ0v) is 20.2. The first-order valence-electron chi connectivity index (χ1n) is 12.4. The lowest BCUT2D eigenvalue weighted by Gasteiger charge is -2.38. The summed E-state index contributed by atoms with van der Waals surface area (Å²) in [5.74, 6) is -0.584. The van der Waals surface area contributed by atoms with Crippen molar-refractivity contribution in [2.24, 2.45) is 11.7 Å². The Kier molecular flexibility index (Phi) is 6.57. The second-order valence-corrected chi connectivity index (χ2v) is 9.84. The number of nitrogens with zero attached hydrogens (tertiary/aromatic N) is 4. The molecule has 36 heavy (non-hydrogen) atoms. The van der Waals surface area contributed by atoms with Crippen molar-refractivity contribution in [3.05, 3.63) is 83.3 Å². The van der Waals surface area contributed by atoms with Crippen LogP contribution in [0.5, 0.6) is 0 Å². The number of nitrogens with two attached hydrogens (primary N) is 1. The van der Waals surface area contributed by atoms with Crippen molar-refractivity contribution in [3.8, 4) is 11.1 Å².